The van der Waals surface area contributed by atoms with Crippen LogP contribution >= 0.6 is 0 Å². The van der Waals surface area contributed by atoms with E-state index >= 15 is 0 Å². The van der Waals surface area contributed by atoms with E-state index in [1.807, 2.05) is 7.05 Å². The fraction of sp³-hybridized carbons (Fsp3) is 0.844. The number of likely N-dealkylation sites (N-methyl/N-ethyl adjacent to an activating group) is 1. The Balaban J connectivity index is 3.62. The number of carboxylic acids is 1. The fourth-order valence-electron chi connectivity index (χ4n) is 5.28. The van der Waals surface area contributed by atoms with Gasteiger partial charge in [0, 0.05) is 39.1 Å². The van der Waals surface area contributed by atoms with Crippen molar-refractivity contribution in [2.75, 3.05) is 79.0 Å². The Morgan fingerprint density at radius 1 is 0.870 bits per heavy atom. The first-order valence-corrected chi connectivity index (χ1v) is 16.1. The number of aldehydes is 1. The van der Waals surface area contributed by atoms with E-state index in [9.17, 15) is 29.1 Å². The molecule has 0 saturated carbocycles. The van der Waals surface area contributed by atoms with Crippen LogP contribution in [0.5, 0.6) is 0 Å². The zero-order valence-corrected chi connectivity index (χ0v) is 29.8. The second-order valence-electron chi connectivity index (χ2n) is 15.2. The minimum Gasteiger partial charge on any atom is -0.480 e. The van der Waals surface area contributed by atoms with E-state index in [0.29, 0.717) is 39.1 Å². The molecule has 1 rings (SSSR count). The Morgan fingerprint density at radius 3 is 1.93 bits per heavy atom. The number of esters is 3. The zero-order valence-electron chi connectivity index (χ0n) is 29.8. The maximum Gasteiger partial charge on any atom is 0.362 e. The highest BCUT2D eigenvalue weighted by Crippen LogP contribution is 2.21. The number of carboxylic acid groups (broad SMARTS) is 1. The molecule has 1 aliphatic rings. The van der Waals surface area contributed by atoms with Gasteiger partial charge in [-0.05, 0) is 62.3 Å². The van der Waals surface area contributed by atoms with E-state index in [4.69, 9.17) is 14.2 Å². The van der Waals surface area contributed by atoms with E-state index in [-0.39, 0.29) is 49.8 Å². The van der Waals surface area contributed by atoms with Crippen molar-refractivity contribution < 1.29 is 47.8 Å². The van der Waals surface area contributed by atoms with Gasteiger partial charge < -0.3 is 39.2 Å². The van der Waals surface area contributed by atoms with Gasteiger partial charge in [0.25, 0.3) is 0 Å². The smallest absolute Gasteiger partial charge is 0.362 e. The summed E-state index contributed by atoms with van der Waals surface area (Å²) in [7, 11) is 1.93. The number of hydrogen-bond donors (Lipinski definition) is 3. The molecule has 3 unspecified atom stereocenters. The van der Waals surface area contributed by atoms with Gasteiger partial charge in [0.15, 0.2) is 6.54 Å². The Kier molecular flexibility index (Phi) is 16.2. The Morgan fingerprint density at radius 2 is 1.41 bits per heavy atom. The van der Waals surface area contributed by atoms with Crippen LogP contribution in [-0.2, 0) is 38.2 Å². The molecule has 14 nitrogen and oxygen atoms in total. The molecule has 1 aliphatic heterocycles. The summed E-state index contributed by atoms with van der Waals surface area (Å²) in [5.41, 5.74) is -2.20. The lowest BCUT2D eigenvalue weighted by Gasteiger charge is -2.45. The lowest BCUT2D eigenvalue weighted by atomic mass is 10.1. The van der Waals surface area contributed by atoms with Gasteiger partial charge in [0.2, 0.25) is 0 Å². The van der Waals surface area contributed by atoms with Crippen LogP contribution < -0.4 is 10.6 Å². The van der Waals surface area contributed by atoms with Crippen LogP contribution in [-0.4, -0.2) is 157 Å². The van der Waals surface area contributed by atoms with Crippen LogP contribution in [0.3, 0.4) is 0 Å². The summed E-state index contributed by atoms with van der Waals surface area (Å²) >= 11 is 0. The molecule has 46 heavy (non-hydrogen) atoms. The summed E-state index contributed by atoms with van der Waals surface area (Å²) in [6.45, 7) is 17.9. The van der Waals surface area contributed by atoms with E-state index in [1.165, 1.54) is 0 Å². The zero-order chi connectivity index (χ0) is 35.3. The van der Waals surface area contributed by atoms with Crippen molar-refractivity contribution in [3.05, 3.63) is 0 Å². The van der Waals surface area contributed by atoms with Gasteiger partial charge in [-0.1, -0.05) is 0 Å². The predicted octanol–water partition coefficient (Wildman–Crippen LogP) is 0.666. The summed E-state index contributed by atoms with van der Waals surface area (Å²) in [5.74, 6) is -2.64. The third-order valence-electron chi connectivity index (χ3n) is 7.21. The number of nitrogens with zero attached hydrogens (tertiary/aromatic N) is 3. The third-order valence-corrected chi connectivity index (χ3v) is 7.21. The van der Waals surface area contributed by atoms with Crippen molar-refractivity contribution in [3.63, 3.8) is 0 Å². The van der Waals surface area contributed by atoms with E-state index in [0.717, 1.165) is 6.29 Å². The highest BCUT2D eigenvalue weighted by Gasteiger charge is 2.41. The maximum absolute atomic E-state index is 13.2. The first-order chi connectivity index (χ1) is 21.0. The predicted molar refractivity (Wildman–Crippen MR) is 173 cm³/mol. The molecule has 1 saturated heterocycles. The largest absolute Gasteiger partial charge is 0.480 e. The van der Waals surface area contributed by atoms with Crippen molar-refractivity contribution in [2.45, 2.75) is 97.6 Å². The quantitative estimate of drug-likeness (QED) is 0.0882. The maximum atomic E-state index is 13.2. The molecule has 0 aromatic heterocycles. The third kappa shape index (κ3) is 17.3. The lowest BCUT2D eigenvalue weighted by Crippen LogP contribution is -2.64. The van der Waals surface area contributed by atoms with Gasteiger partial charge in [-0.2, -0.15) is 0 Å². The van der Waals surface area contributed by atoms with Crippen molar-refractivity contribution in [2.24, 2.45) is 0 Å². The molecular weight excluding hydrogens is 598 g/mol. The number of hydrogen-bond acceptors (Lipinski definition) is 12. The molecule has 3 atom stereocenters. The summed E-state index contributed by atoms with van der Waals surface area (Å²) in [4.78, 5) is 66.4. The molecule has 0 spiro atoms. The molecule has 266 valence electrons. The summed E-state index contributed by atoms with van der Waals surface area (Å²) in [5, 5.41) is 17.0. The molecule has 0 aliphatic carbocycles. The van der Waals surface area contributed by atoms with Crippen LogP contribution in [0, 0.1) is 0 Å². The molecule has 0 aromatic carbocycles. The Labute approximate surface area is 275 Å². The minimum absolute atomic E-state index is 0.0140. The first kappa shape index (κ1) is 41.4. The summed E-state index contributed by atoms with van der Waals surface area (Å²) in [6, 6.07) is -1.56. The molecule has 0 radical (unpaired) electrons. The normalized spacial score (nSPS) is 23.0. The van der Waals surface area contributed by atoms with Gasteiger partial charge in [0.05, 0.1) is 39.8 Å². The number of nitrogens with one attached hydrogen (secondary N) is 2. The fourth-order valence-corrected chi connectivity index (χ4v) is 5.28. The van der Waals surface area contributed by atoms with E-state index in [1.54, 1.807) is 72.1 Å². The van der Waals surface area contributed by atoms with Crippen LogP contribution in [0.15, 0.2) is 0 Å². The summed E-state index contributed by atoms with van der Waals surface area (Å²) in [6.07, 6.45) is 1.22. The average molecular weight is 659 g/mol. The molecule has 0 amide bonds. The molecule has 0 bridgehead atoms. The van der Waals surface area contributed by atoms with Gasteiger partial charge in [0.1, 0.15) is 35.2 Å². The highest BCUT2D eigenvalue weighted by atomic mass is 16.6. The SMILES string of the molecule is CC(C)(C)OC(=O)CN1CCNCC[N+](C)(CC(=O)OC(C)(C)C)C(CCNCC=O)CN(CC(=O)OC(C)(C)C)C(C(=O)O)C1. The van der Waals surface area contributed by atoms with Crippen LogP contribution in [0.25, 0.3) is 0 Å². The average Bonchev–Trinajstić information content (AvgIpc) is 2.83. The molecule has 1 fully saturated rings. The highest BCUT2D eigenvalue weighted by molar-refractivity contribution is 5.77. The Bertz CT molecular complexity index is 1020. The van der Waals surface area contributed by atoms with Gasteiger partial charge in [-0.25, -0.2) is 4.79 Å². The lowest BCUT2D eigenvalue weighted by molar-refractivity contribution is -0.925. The van der Waals surface area contributed by atoms with Crippen LogP contribution in [0.2, 0.25) is 0 Å². The molecular formula is C32H60N5O9+. The molecule has 3 N–H and O–H groups in total. The second kappa shape index (κ2) is 18.0. The van der Waals surface area contributed by atoms with Gasteiger partial charge >= 0.3 is 23.9 Å². The number of carbonyl (C=O) groups excluding carboxylic acids is 4. The van der Waals surface area contributed by atoms with Gasteiger partial charge in [-0.15, -0.1) is 0 Å². The van der Waals surface area contributed by atoms with Crippen molar-refractivity contribution in [1.82, 2.24) is 20.4 Å². The van der Waals surface area contributed by atoms with Crippen LogP contribution in [0.1, 0.15) is 68.7 Å². The standard InChI is InChI=1S/C32H59N5O9/c1-30(2,3)44-26(39)21-35-16-13-34-14-17-37(10,23-28(41)46-32(7,8)9)24(11-12-33-15-18-38)19-36(25(20-35)29(42)43)22-27(40)45-31(4,5)6/h18,24-25,33-34H,11-17,19-23H2,1-10H3/p+1. The number of quaternary nitrogens is 1. The minimum atomic E-state index is -1.20. The van der Waals surface area contributed by atoms with Crippen LogP contribution in [0.4, 0.5) is 0 Å². The monoisotopic (exact) mass is 658 g/mol. The molecule has 1 heterocycles. The van der Waals surface area contributed by atoms with E-state index in [2.05, 4.69) is 10.6 Å². The number of carbonyl (C=O) groups is 5. The van der Waals surface area contributed by atoms with E-state index < -0.39 is 46.7 Å². The first-order valence-electron chi connectivity index (χ1n) is 16.1. The van der Waals surface area contributed by atoms with Crippen molar-refractivity contribution >= 4 is 30.2 Å². The van der Waals surface area contributed by atoms with Crippen molar-refractivity contribution in [1.29, 1.82) is 0 Å². The summed E-state index contributed by atoms with van der Waals surface area (Å²) < 4.78 is 17.0. The second-order valence-corrected chi connectivity index (χ2v) is 15.2. The van der Waals surface area contributed by atoms with Gasteiger partial charge in [-0.3, -0.25) is 24.2 Å². The Hall–Kier alpha value is -2.65. The van der Waals surface area contributed by atoms with Crippen molar-refractivity contribution in [3.8, 4) is 0 Å². The molecule has 0 aromatic rings. The number of ether oxygens (including phenoxy) is 3. The number of rotatable bonds is 12. The topological polar surface area (TPSA) is 164 Å². The number of aliphatic carboxylic acids is 1. The molecule has 14 heteroatoms.